The van der Waals surface area contributed by atoms with E-state index in [2.05, 4.69) is 0 Å². The molecule has 1 aromatic heterocycles. The zero-order valence-corrected chi connectivity index (χ0v) is 23.0. The van der Waals surface area contributed by atoms with Crippen LogP contribution in [0.2, 0.25) is 5.02 Å². The maximum atomic E-state index is 14.5. The van der Waals surface area contributed by atoms with E-state index >= 15 is 0 Å². The molecule has 1 fully saturated rings. The third kappa shape index (κ3) is 5.70. The number of hydrogen-bond donors (Lipinski definition) is 1. The molecule has 0 aliphatic carbocycles. The van der Waals surface area contributed by atoms with Gasteiger partial charge in [0.25, 0.3) is 5.91 Å². The molecule has 39 heavy (non-hydrogen) atoms. The smallest absolute Gasteiger partial charge is 0.303 e. The minimum absolute atomic E-state index is 0.0471. The number of carboxylic acids is 1. The number of carbonyl (C=O) groups excluding carboxylic acids is 2. The molecule has 4 aromatic rings. The summed E-state index contributed by atoms with van der Waals surface area (Å²) in [6.45, 7) is 1.01. The average molecular weight is 561 g/mol. The van der Waals surface area contributed by atoms with E-state index in [0.29, 0.717) is 36.4 Å². The van der Waals surface area contributed by atoms with E-state index in [4.69, 9.17) is 11.6 Å². The highest BCUT2D eigenvalue weighted by Crippen LogP contribution is 2.39. The Kier molecular flexibility index (Phi) is 8.00. The largest absolute Gasteiger partial charge is 0.481 e. The van der Waals surface area contributed by atoms with E-state index in [1.165, 1.54) is 11.3 Å². The number of rotatable bonds is 10. The molecule has 8 heteroatoms. The molecule has 1 unspecified atom stereocenters. The fraction of sp³-hybridized carbons (Fsp3) is 0.258. The maximum Gasteiger partial charge on any atom is 0.303 e. The molecule has 0 radical (unpaired) electrons. The van der Waals surface area contributed by atoms with Crippen LogP contribution in [0.3, 0.4) is 0 Å². The number of benzene rings is 3. The van der Waals surface area contributed by atoms with Crippen LogP contribution in [0.1, 0.15) is 40.7 Å². The summed E-state index contributed by atoms with van der Waals surface area (Å²) in [7, 11) is 0. The highest BCUT2D eigenvalue weighted by atomic mass is 35.5. The number of carboxylic acid groups (broad SMARTS) is 1. The van der Waals surface area contributed by atoms with Gasteiger partial charge in [0.15, 0.2) is 0 Å². The number of halogens is 1. The number of thiophene rings is 1. The average Bonchev–Trinajstić information content (AvgIpc) is 3.35. The van der Waals surface area contributed by atoms with Crippen LogP contribution in [-0.4, -0.2) is 51.3 Å². The van der Waals surface area contributed by atoms with Crippen LogP contribution in [0.5, 0.6) is 0 Å². The molecule has 6 nitrogen and oxygen atoms in total. The van der Waals surface area contributed by atoms with Crippen molar-refractivity contribution in [2.24, 2.45) is 0 Å². The predicted octanol–water partition coefficient (Wildman–Crippen LogP) is 6.28. The summed E-state index contributed by atoms with van der Waals surface area (Å²) in [5, 5.41) is 12.6. The number of nitrogens with zero attached hydrogens (tertiary/aromatic N) is 2. The van der Waals surface area contributed by atoms with Crippen molar-refractivity contribution in [1.29, 1.82) is 0 Å². The van der Waals surface area contributed by atoms with Gasteiger partial charge < -0.3 is 14.9 Å². The highest BCUT2D eigenvalue weighted by Gasteiger charge is 2.55. The molecule has 5 rings (SSSR count). The van der Waals surface area contributed by atoms with E-state index in [-0.39, 0.29) is 31.3 Å². The molecule has 0 saturated carbocycles. The lowest BCUT2D eigenvalue weighted by Gasteiger charge is -2.53. The van der Waals surface area contributed by atoms with Crippen molar-refractivity contribution in [2.45, 2.75) is 37.8 Å². The molecule has 1 aliphatic heterocycles. The topological polar surface area (TPSA) is 77.9 Å². The fourth-order valence-electron chi connectivity index (χ4n) is 5.32. The molecule has 3 aromatic carbocycles. The quantitative estimate of drug-likeness (QED) is 0.248. The third-order valence-electron chi connectivity index (χ3n) is 7.33. The Balaban J connectivity index is 1.51. The van der Waals surface area contributed by atoms with Crippen molar-refractivity contribution in [1.82, 2.24) is 9.80 Å². The normalized spacial score (nSPS) is 16.6. The van der Waals surface area contributed by atoms with Crippen molar-refractivity contribution in [3.63, 3.8) is 0 Å². The second kappa shape index (κ2) is 11.6. The number of fused-ring (bicyclic) bond motifs is 1. The van der Waals surface area contributed by atoms with Gasteiger partial charge in [-0.05, 0) is 42.2 Å². The van der Waals surface area contributed by atoms with Gasteiger partial charge in [0.05, 0.1) is 5.56 Å². The highest BCUT2D eigenvalue weighted by molar-refractivity contribution is 7.17. The van der Waals surface area contributed by atoms with Crippen LogP contribution in [0, 0.1) is 0 Å². The van der Waals surface area contributed by atoms with Gasteiger partial charge in [-0.1, -0.05) is 72.3 Å². The van der Waals surface area contributed by atoms with Gasteiger partial charge in [-0.15, -0.1) is 11.3 Å². The zero-order chi connectivity index (χ0) is 27.4. The van der Waals surface area contributed by atoms with Crippen LogP contribution in [-0.2, 0) is 22.6 Å². The van der Waals surface area contributed by atoms with Gasteiger partial charge in [0.1, 0.15) is 5.54 Å². The SMILES string of the molecule is O=C(O)CCCN(Cc1cccc(Cl)c1)C(=O)C1(Cc2ccccc2)CCN1C(=O)c1csc2ccccc12. The molecule has 1 N–H and O–H groups in total. The lowest BCUT2D eigenvalue weighted by Crippen LogP contribution is -2.70. The second-order valence-corrected chi connectivity index (χ2v) is 11.2. The van der Waals surface area contributed by atoms with E-state index in [9.17, 15) is 19.5 Å². The number of likely N-dealkylation sites (tertiary alicyclic amines) is 1. The first-order chi connectivity index (χ1) is 18.9. The van der Waals surface area contributed by atoms with Crippen molar-refractivity contribution < 1.29 is 19.5 Å². The first-order valence-corrected chi connectivity index (χ1v) is 14.2. The summed E-state index contributed by atoms with van der Waals surface area (Å²) in [5.41, 5.74) is 1.35. The first kappa shape index (κ1) is 26.9. The van der Waals surface area contributed by atoms with Crippen LogP contribution in [0.15, 0.2) is 84.2 Å². The lowest BCUT2D eigenvalue weighted by atomic mass is 9.77. The van der Waals surface area contributed by atoms with E-state index < -0.39 is 11.5 Å². The minimum Gasteiger partial charge on any atom is -0.481 e. The van der Waals surface area contributed by atoms with Crippen molar-refractivity contribution >= 4 is 50.8 Å². The molecule has 200 valence electrons. The minimum atomic E-state index is -1.07. The summed E-state index contributed by atoms with van der Waals surface area (Å²) in [6, 6.07) is 24.8. The maximum absolute atomic E-state index is 14.5. The number of carbonyl (C=O) groups is 3. The number of aliphatic carboxylic acids is 1. The molecule has 0 bridgehead atoms. The van der Waals surface area contributed by atoms with Gasteiger partial charge in [-0.2, -0.15) is 0 Å². The van der Waals surface area contributed by atoms with Gasteiger partial charge in [0, 0.05) is 53.0 Å². The molecule has 1 atom stereocenters. The molecule has 1 aliphatic rings. The van der Waals surface area contributed by atoms with Crippen LogP contribution in [0.4, 0.5) is 0 Å². The molecular weight excluding hydrogens is 532 g/mol. The van der Waals surface area contributed by atoms with Gasteiger partial charge in [-0.25, -0.2) is 0 Å². The summed E-state index contributed by atoms with van der Waals surface area (Å²) in [5.74, 6) is -1.24. The van der Waals surface area contributed by atoms with Crippen LogP contribution in [0.25, 0.3) is 10.1 Å². The standard InChI is InChI=1S/C31H29ClN2O4S/c32-24-11-6-10-23(18-24)20-33(16-7-14-28(35)36)30(38)31(19-22-8-2-1-3-9-22)15-17-34(31)29(37)26-21-39-27-13-5-4-12-25(26)27/h1-6,8-13,18,21H,7,14-17,19-20H2,(H,35,36). The van der Waals surface area contributed by atoms with Crippen molar-refractivity contribution in [2.75, 3.05) is 13.1 Å². The number of amides is 2. The number of hydrogen-bond acceptors (Lipinski definition) is 4. The van der Waals surface area contributed by atoms with E-state index in [0.717, 1.165) is 21.2 Å². The third-order valence-corrected chi connectivity index (χ3v) is 8.53. The van der Waals surface area contributed by atoms with Crippen molar-refractivity contribution in [3.05, 3.63) is 106 Å². The Bertz CT molecular complexity index is 1500. The monoisotopic (exact) mass is 560 g/mol. The first-order valence-electron chi connectivity index (χ1n) is 13.0. The molecule has 2 heterocycles. The predicted molar refractivity (Wildman–Crippen MR) is 154 cm³/mol. The summed E-state index contributed by atoms with van der Waals surface area (Å²) in [6.07, 6.45) is 1.17. The van der Waals surface area contributed by atoms with Crippen molar-refractivity contribution in [3.8, 4) is 0 Å². The Morgan fingerprint density at radius 3 is 2.44 bits per heavy atom. The lowest BCUT2D eigenvalue weighted by molar-refractivity contribution is -0.152. The Hall–Kier alpha value is -3.68. The van der Waals surface area contributed by atoms with Gasteiger partial charge >= 0.3 is 5.97 Å². The Morgan fingerprint density at radius 1 is 0.974 bits per heavy atom. The van der Waals surface area contributed by atoms with E-state index in [1.54, 1.807) is 15.9 Å². The van der Waals surface area contributed by atoms with Gasteiger partial charge in [-0.3, -0.25) is 14.4 Å². The summed E-state index contributed by atoms with van der Waals surface area (Å²) < 4.78 is 1.03. The Labute approximate surface area is 236 Å². The Morgan fingerprint density at radius 2 is 1.72 bits per heavy atom. The molecule has 0 spiro atoms. The molecule has 1 saturated heterocycles. The fourth-order valence-corrected chi connectivity index (χ4v) is 6.46. The summed E-state index contributed by atoms with van der Waals surface area (Å²) >= 11 is 7.74. The second-order valence-electron chi connectivity index (χ2n) is 9.90. The zero-order valence-electron chi connectivity index (χ0n) is 21.4. The van der Waals surface area contributed by atoms with Gasteiger partial charge in [0.2, 0.25) is 5.91 Å². The van der Waals surface area contributed by atoms with Crippen LogP contribution >= 0.6 is 22.9 Å². The summed E-state index contributed by atoms with van der Waals surface area (Å²) in [4.78, 5) is 43.2. The molecule has 2 amide bonds. The van der Waals surface area contributed by atoms with Crippen LogP contribution < -0.4 is 0 Å². The molecular formula is C31H29ClN2O4S. The van der Waals surface area contributed by atoms with E-state index in [1.807, 2.05) is 78.2 Å².